The van der Waals surface area contributed by atoms with Crippen LogP contribution in [0.15, 0.2) is 47.5 Å². The molecule has 0 atom stereocenters. The third kappa shape index (κ3) is 7.71. The van der Waals surface area contributed by atoms with E-state index in [1.165, 1.54) is 11.6 Å². The Kier molecular flexibility index (Phi) is 11.0. The Hall–Kier alpha value is -1.74. The van der Waals surface area contributed by atoms with Gasteiger partial charge in [-0.3, -0.25) is 9.89 Å². The summed E-state index contributed by atoms with van der Waals surface area (Å²) in [5.74, 6) is -0.363. The van der Waals surface area contributed by atoms with Gasteiger partial charge in [-0.15, -0.1) is 24.0 Å². The van der Waals surface area contributed by atoms with Crippen LogP contribution in [0.25, 0.3) is 0 Å². The lowest BCUT2D eigenvalue weighted by Crippen LogP contribution is -2.36. The van der Waals surface area contributed by atoms with Gasteiger partial charge in [0.15, 0.2) is 5.96 Å². The summed E-state index contributed by atoms with van der Waals surface area (Å²) in [6.45, 7) is 8.03. The van der Waals surface area contributed by atoms with Crippen molar-refractivity contribution in [2.75, 3.05) is 20.1 Å². The van der Waals surface area contributed by atoms with Crippen LogP contribution in [0, 0.1) is 11.6 Å². The fraction of sp³-hybridized carbons (Fsp3) is 0.381. The monoisotopic (exact) mass is 502 g/mol. The Labute approximate surface area is 183 Å². The zero-order valence-corrected chi connectivity index (χ0v) is 19.0. The summed E-state index contributed by atoms with van der Waals surface area (Å²) in [5.41, 5.74) is 2.67. The molecule has 2 aromatic rings. The van der Waals surface area contributed by atoms with Crippen LogP contribution in [-0.2, 0) is 19.6 Å². The summed E-state index contributed by atoms with van der Waals surface area (Å²) in [6.07, 6.45) is 0. The predicted molar refractivity (Wildman–Crippen MR) is 122 cm³/mol. The van der Waals surface area contributed by atoms with Gasteiger partial charge in [0, 0.05) is 32.2 Å². The highest BCUT2D eigenvalue weighted by Gasteiger charge is 2.06. The van der Waals surface area contributed by atoms with Crippen molar-refractivity contribution in [3.8, 4) is 0 Å². The van der Waals surface area contributed by atoms with Gasteiger partial charge in [-0.1, -0.05) is 38.1 Å². The van der Waals surface area contributed by atoms with E-state index in [4.69, 9.17) is 0 Å². The number of aliphatic imine (C=N–C) groups is 1. The van der Waals surface area contributed by atoms with Gasteiger partial charge >= 0.3 is 0 Å². The van der Waals surface area contributed by atoms with Crippen LogP contribution in [0.4, 0.5) is 8.78 Å². The highest BCUT2D eigenvalue weighted by molar-refractivity contribution is 14.0. The van der Waals surface area contributed by atoms with Crippen molar-refractivity contribution < 1.29 is 8.78 Å². The number of nitrogens with one attached hydrogen (secondary N) is 2. The zero-order valence-electron chi connectivity index (χ0n) is 16.6. The Bertz CT molecular complexity index is 764. The van der Waals surface area contributed by atoms with Gasteiger partial charge in [-0.05, 0) is 42.4 Å². The third-order valence-corrected chi connectivity index (χ3v) is 4.43. The first-order valence-electron chi connectivity index (χ1n) is 9.24. The van der Waals surface area contributed by atoms with Crippen molar-refractivity contribution in [1.82, 2.24) is 15.5 Å². The molecule has 0 radical (unpaired) electrons. The molecule has 154 valence electrons. The van der Waals surface area contributed by atoms with Gasteiger partial charge in [-0.2, -0.15) is 0 Å². The molecule has 0 saturated carbocycles. The van der Waals surface area contributed by atoms with Crippen LogP contribution >= 0.6 is 24.0 Å². The lowest BCUT2D eigenvalue weighted by Gasteiger charge is -2.18. The molecule has 0 fully saturated rings. The average Bonchev–Trinajstić information content (AvgIpc) is 2.69. The summed E-state index contributed by atoms with van der Waals surface area (Å²) in [5, 5.41) is 6.22. The van der Waals surface area contributed by atoms with E-state index in [2.05, 4.69) is 52.6 Å². The third-order valence-electron chi connectivity index (χ3n) is 4.43. The van der Waals surface area contributed by atoms with Crippen molar-refractivity contribution in [3.63, 3.8) is 0 Å². The lowest BCUT2D eigenvalue weighted by molar-refractivity contribution is 0.296. The van der Waals surface area contributed by atoms with Gasteiger partial charge in [0.05, 0.1) is 0 Å². The molecule has 0 heterocycles. The molecule has 0 saturated heterocycles. The van der Waals surface area contributed by atoms with Crippen molar-refractivity contribution in [2.45, 2.75) is 33.5 Å². The molecule has 4 nitrogen and oxygen atoms in total. The van der Waals surface area contributed by atoms with Gasteiger partial charge in [-0.25, -0.2) is 8.78 Å². The quantitative estimate of drug-likeness (QED) is 0.322. The van der Waals surface area contributed by atoms with Crippen molar-refractivity contribution in [1.29, 1.82) is 0 Å². The van der Waals surface area contributed by atoms with Gasteiger partial charge in [0.2, 0.25) is 0 Å². The van der Waals surface area contributed by atoms with Gasteiger partial charge in [0.1, 0.15) is 11.6 Å². The minimum Gasteiger partial charge on any atom is -0.352 e. The molecule has 0 aliphatic heterocycles. The number of rotatable bonds is 8. The van der Waals surface area contributed by atoms with Crippen molar-refractivity contribution in [3.05, 3.63) is 70.8 Å². The number of hydrogen-bond acceptors (Lipinski definition) is 2. The maximum absolute atomic E-state index is 13.7. The van der Waals surface area contributed by atoms with E-state index in [1.807, 2.05) is 6.07 Å². The highest BCUT2D eigenvalue weighted by atomic mass is 127. The first kappa shape index (κ1) is 24.3. The minimum atomic E-state index is -0.457. The number of benzene rings is 2. The second kappa shape index (κ2) is 12.7. The standard InChI is InChI=1S/C21H28F2N4.HI/c1-4-27(5-2)15-17-8-6-7-16(11-17)13-25-21(24-3)26-14-18-12-19(22)9-10-20(18)23;/h6-12H,4-5,13-15H2,1-3H3,(H2,24,25,26);1H. The Balaban J connectivity index is 0.00000392. The SMILES string of the molecule is CCN(CC)Cc1cccc(CNC(=NC)NCc2cc(F)ccc2F)c1.I. The number of halogens is 3. The molecular formula is C21H29F2IN4. The van der Waals surface area contributed by atoms with E-state index in [9.17, 15) is 8.78 Å². The normalized spacial score (nSPS) is 11.3. The zero-order chi connectivity index (χ0) is 19.6. The predicted octanol–water partition coefficient (Wildman–Crippen LogP) is 4.29. The Morgan fingerprint density at radius 1 is 0.964 bits per heavy atom. The summed E-state index contributed by atoms with van der Waals surface area (Å²) in [6, 6.07) is 11.8. The molecule has 0 bridgehead atoms. The van der Waals surface area contributed by atoms with Crippen LogP contribution in [-0.4, -0.2) is 31.0 Å². The maximum Gasteiger partial charge on any atom is 0.191 e. The maximum atomic E-state index is 13.7. The van der Waals surface area contributed by atoms with Crippen LogP contribution < -0.4 is 10.6 Å². The van der Waals surface area contributed by atoms with E-state index < -0.39 is 11.6 Å². The van der Waals surface area contributed by atoms with E-state index in [0.717, 1.165) is 37.3 Å². The van der Waals surface area contributed by atoms with Crippen LogP contribution in [0.1, 0.15) is 30.5 Å². The molecule has 0 amide bonds. The molecule has 28 heavy (non-hydrogen) atoms. The summed E-state index contributed by atoms with van der Waals surface area (Å²) in [7, 11) is 1.65. The van der Waals surface area contributed by atoms with E-state index in [1.54, 1.807) is 7.05 Å². The summed E-state index contributed by atoms with van der Waals surface area (Å²) >= 11 is 0. The van der Waals surface area contributed by atoms with Crippen molar-refractivity contribution in [2.24, 2.45) is 4.99 Å². The largest absolute Gasteiger partial charge is 0.352 e. The van der Waals surface area contributed by atoms with E-state index >= 15 is 0 Å². The second-order valence-electron chi connectivity index (χ2n) is 6.30. The van der Waals surface area contributed by atoms with Crippen LogP contribution in [0.3, 0.4) is 0 Å². The molecule has 2 N–H and O–H groups in total. The van der Waals surface area contributed by atoms with E-state index in [-0.39, 0.29) is 36.1 Å². The Morgan fingerprint density at radius 2 is 1.64 bits per heavy atom. The second-order valence-corrected chi connectivity index (χ2v) is 6.30. The molecule has 0 spiro atoms. The first-order chi connectivity index (χ1) is 13.0. The Morgan fingerprint density at radius 3 is 2.32 bits per heavy atom. The number of guanidine groups is 1. The van der Waals surface area contributed by atoms with Crippen molar-refractivity contribution >= 4 is 29.9 Å². The molecule has 0 aliphatic rings. The number of nitrogens with zero attached hydrogens (tertiary/aromatic N) is 2. The first-order valence-corrected chi connectivity index (χ1v) is 9.24. The smallest absolute Gasteiger partial charge is 0.191 e. The fourth-order valence-electron chi connectivity index (χ4n) is 2.81. The lowest BCUT2D eigenvalue weighted by atomic mass is 10.1. The number of hydrogen-bond donors (Lipinski definition) is 2. The van der Waals surface area contributed by atoms with Gasteiger partial charge < -0.3 is 10.6 Å². The molecule has 0 aromatic heterocycles. The topological polar surface area (TPSA) is 39.7 Å². The van der Waals surface area contributed by atoms with Gasteiger partial charge in [0.25, 0.3) is 0 Å². The van der Waals surface area contributed by atoms with E-state index in [0.29, 0.717) is 12.5 Å². The minimum absolute atomic E-state index is 0. The molecule has 7 heteroatoms. The molecular weight excluding hydrogens is 473 g/mol. The highest BCUT2D eigenvalue weighted by Crippen LogP contribution is 2.10. The fourth-order valence-corrected chi connectivity index (χ4v) is 2.81. The summed E-state index contributed by atoms with van der Waals surface area (Å²) < 4.78 is 27.0. The molecule has 2 rings (SSSR count). The van der Waals surface area contributed by atoms with Crippen LogP contribution in [0.5, 0.6) is 0 Å². The molecule has 2 aromatic carbocycles. The average molecular weight is 502 g/mol. The van der Waals surface area contributed by atoms with Crippen LogP contribution in [0.2, 0.25) is 0 Å². The molecule has 0 unspecified atom stereocenters. The summed E-state index contributed by atoms with van der Waals surface area (Å²) in [4.78, 5) is 6.50. The molecule has 0 aliphatic carbocycles.